The maximum atomic E-state index is 9.21. The summed E-state index contributed by atoms with van der Waals surface area (Å²) in [6, 6.07) is 8.82. The van der Waals surface area contributed by atoms with Crippen LogP contribution in [0.1, 0.15) is 13.3 Å². The van der Waals surface area contributed by atoms with Gasteiger partial charge in [-0.25, -0.2) is 0 Å². The van der Waals surface area contributed by atoms with E-state index in [0.29, 0.717) is 18.6 Å². The van der Waals surface area contributed by atoms with Gasteiger partial charge in [-0.3, -0.25) is 0 Å². The van der Waals surface area contributed by atoms with E-state index in [1.165, 1.54) is 5.69 Å². The van der Waals surface area contributed by atoms with Crippen LogP contribution in [0.2, 0.25) is 0 Å². The molecule has 1 aromatic rings. The van der Waals surface area contributed by atoms with Crippen LogP contribution in [-0.4, -0.2) is 24.3 Å². The Hall–Kier alpha value is -0.540. The molecule has 2 atom stereocenters. The highest BCUT2D eigenvalue weighted by molar-refractivity contribution is 9.10. The third kappa shape index (κ3) is 2.18. The molecular weight excluding hydrogens is 254 g/mol. The summed E-state index contributed by atoms with van der Waals surface area (Å²) in [7, 11) is 0. The number of hydrogen-bond acceptors (Lipinski definition) is 2. The Kier molecular flexibility index (Phi) is 3.32. The van der Waals surface area contributed by atoms with Crippen LogP contribution in [0.5, 0.6) is 0 Å². The lowest BCUT2D eigenvalue weighted by Crippen LogP contribution is -2.30. The topological polar surface area (TPSA) is 23.5 Å². The molecule has 15 heavy (non-hydrogen) atoms. The molecule has 2 nitrogen and oxygen atoms in total. The highest BCUT2D eigenvalue weighted by Gasteiger charge is 2.29. The fraction of sp³-hybridized carbons (Fsp3) is 0.500. The normalized spacial score (nSPS) is 25.9. The first-order valence-electron chi connectivity index (χ1n) is 5.35. The quantitative estimate of drug-likeness (QED) is 0.893. The van der Waals surface area contributed by atoms with E-state index < -0.39 is 0 Å². The van der Waals surface area contributed by atoms with E-state index in [0.717, 1.165) is 17.4 Å². The highest BCUT2D eigenvalue weighted by Crippen LogP contribution is 2.29. The molecule has 1 N–H and O–H groups in total. The zero-order valence-corrected chi connectivity index (χ0v) is 10.4. The van der Waals surface area contributed by atoms with Crippen LogP contribution < -0.4 is 4.90 Å². The van der Waals surface area contributed by atoms with E-state index in [1.54, 1.807) is 0 Å². The monoisotopic (exact) mass is 269 g/mol. The minimum Gasteiger partial charge on any atom is -0.396 e. The van der Waals surface area contributed by atoms with Gasteiger partial charge in [-0.2, -0.15) is 0 Å². The Morgan fingerprint density at radius 1 is 1.40 bits per heavy atom. The fourth-order valence-electron chi connectivity index (χ4n) is 2.24. The largest absolute Gasteiger partial charge is 0.396 e. The van der Waals surface area contributed by atoms with Gasteiger partial charge in [0.2, 0.25) is 0 Å². The van der Waals surface area contributed by atoms with Crippen molar-refractivity contribution in [2.24, 2.45) is 5.92 Å². The van der Waals surface area contributed by atoms with Crippen LogP contribution in [0.3, 0.4) is 0 Å². The van der Waals surface area contributed by atoms with Gasteiger partial charge in [0.1, 0.15) is 0 Å². The second-order valence-corrected chi connectivity index (χ2v) is 5.06. The Bertz CT molecular complexity index is 325. The molecule has 3 heteroatoms. The number of nitrogens with zero attached hydrogens (tertiary/aromatic N) is 1. The van der Waals surface area contributed by atoms with E-state index in [1.807, 2.05) is 0 Å². The maximum Gasteiger partial charge on any atom is 0.0479 e. The van der Waals surface area contributed by atoms with Crippen molar-refractivity contribution in [3.05, 3.63) is 28.7 Å². The molecule has 0 aliphatic carbocycles. The summed E-state index contributed by atoms with van der Waals surface area (Å²) in [5, 5.41) is 9.21. The zero-order chi connectivity index (χ0) is 10.8. The molecule has 0 amide bonds. The van der Waals surface area contributed by atoms with Gasteiger partial charge in [-0.15, -0.1) is 0 Å². The molecule has 2 unspecified atom stereocenters. The second kappa shape index (κ2) is 4.54. The van der Waals surface area contributed by atoms with Gasteiger partial charge in [0.15, 0.2) is 0 Å². The first kappa shape index (κ1) is 11.0. The summed E-state index contributed by atoms with van der Waals surface area (Å²) >= 11 is 3.44. The van der Waals surface area contributed by atoms with Crippen molar-refractivity contribution in [1.82, 2.24) is 0 Å². The van der Waals surface area contributed by atoms with Crippen molar-refractivity contribution in [1.29, 1.82) is 0 Å². The van der Waals surface area contributed by atoms with Crippen molar-refractivity contribution in [2.75, 3.05) is 18.1 Å². The number of halogens is 1. The van der Waals surface area contributed by atoms with Crippen molar-refractivity contribution in [3.63, 3.8) is 0 Å². The van der Waals surface area contributed by atoms with Crippen LogP contribution in [0, 0.1) is 5.92 Å². The summed E-state index contributed by atoms with van der Waals surface area (Å²) in [5.74, 6) is 0.425. The summed E-state index contributed by atoms with van der Waals surface area (Å²) in [5.41, 5.74) is 1.25. The summed E-state index contributed by atoms with van der Waals surface area (Å²) < 4.78 is 1.11. The third-order valence-corrected chi connectivity index (χ3v) is 3.84. The molecule has 0 bridgehead atoms. The highest BCUT2D eigenvalue weighted by atomic mass is 79.9. The average molecular weight is 270 g/mol. The molecule has 1 fully saturated rings. The molecule has 0 saturated carbocycles. The van der Waals surface area contributed by atoms with Crippen LogP contribution in [0.15, 0.2) is 28.7 Å². The minimum atomic E-state index is 0.300. The minimum absolute atomic E-state index is 0.300. The van der Waals surface area contributed by atoms with Crippen molar-refractivity contribution >= 4 is 21.6 Å². The van der Waals surface area contributed by atoms with E-state index in [9.17, 15) is 5.11 Å². The van der Waals surface area contributed by atoms with Gasteiger partial charge >= 0.3 is 0 Å². The molecule has 1 aliphatic rings. The predicted octanol–water partition coefficient (Wildman–Crippen LogP) is 2.66. The molecule has 2 rings (SSSR count). The van der Waals surface area contributed by atoms with Crippen molar-refractivity contribution in [3.8, 4) is 0 Å². The lowest BCUT2D eigenvalue weighted by Gasteiger charge is -2.26. The maximum absolute atomic E-state index is 9.21. The number of anilines is 1. The number of rotatable bonds is 2. The molecule has 0 spiro atoms. The van der Waals surface area contributed by atoms with Crippen LogP contribution in [0.25, 0.3) is 0 Å². The second-order valence-electron chi connectivity index (χ2n) is 4.14. The third-order valence-electron chi connectivity index (χ3n) is 3.31. The van der Waals surface area contributed by atoms with Gasteiger partial charge in [-0.1, -0.05) is 15.9 Å². The Morgan fingerprint density at radius 2 is 2.07 bits per heavy atom. The molecule has 0 aromatic heterocycles. The number of hydrogen-bond donors (Lipinski definition) is 1. The van der Waals surface area contributed by atoms with E-state index >= 15 is 0 Å². The van der Waals surface area contributed by atoms with Gasteiger partial charge in [0.25, 0.3) is 0 Å². The Balaban J connectivity index is 2.15. The summed E-state index contributed by atoms with van der Waals surface area (Å²) in [6.45, 7) is 3.54. The van der Waals surface area contributed by atoms with Gasteiger partial charge < -0.3 is 10.0 Å². The van der Waals surface area contributed by atoms with Crippen molar-refractivity contribution in [2.45, 2.75) is 19.4 Å². The number of benzene rings is 1. The van der Waals surface area contributed by atoms with Gasteiger partial charge in [0.05, 0.1) is 0 Å². The zero-order valence-electron chi connectivity index (χ0n) is 8.86. The molecule has 82 valence electrons. The van der Waals surface area contributed by atoms with E-state index in [-0.39, 0.29) is 0 Å². The van der Waals surface area contributed by atoms with E-state index in [4.69, 9.17) is 0 Å². The number of aliphatic hydroxyl groups is 1. The average Bonchev–Trinajstić information content (AvgIpc) is 2.61. The SMILES string of the molecule is CC1C(CO)CCN1c1ccc(Br)cc1. The molecule has 0 radical (unpaired) electrons. The Labute approximate surface area is 99.0 Å². The molecule has 1 aromatic carbocycles. The summed E-state index contributed by atoms with van der Waals surface area (Å²) in [4.78, 5) is 2.37. The smallest absolute Gasteiger partial charge is 0.0479 e. The first-order valence-corrected chi connectivity index (χ1v) is 6.14. The van der Waals surface area contributed by atoms with Crippen LogP contribution in [0.4, 0.5) is 5.69 Å². The molecular formula is C12H16BrNO. The first-order chi connectivity index (χ1) is 7.22. The predicted molar refractivity (Wildman–Crippen MR) is 66.1 cm³/mol. The lowest BCUT2D eigenvalue weighted by molar-refractivity contribution is 0.221. The standard InChI is InChI=1S/C12H16BrNO/c1-9-10(8-15)6-7-14(9)12-4-2-11(13)3-5-12/h2-5,9-10,15H,6-8H2,1H3. The molecule has 1 heterocycles. The summed E-state index contributed by atoms with van der Waals surface area (Å²) in [6.07, 6.45) is 1.09. The number of aliphatic hydroxyl groups excluding tert-OH is 1. The van der Waals surface area contributed by atoms with Gasteiger partial charge in [0, 0.05) is 35.3 Å². The van der Waals surface area contributed by atoms with Crippen LogP contribution >= 0.6 is 15.9 Å². The van der Waals surface area contributed by atoms with Gasteiger partial charge in [-0.05, 0) is 37.6 Å². The molecule has 1 aliphatic heterocycles. The van der Waals surface area contributed by atoms with Crippen LogP contribution in [-0.2, 0) is 0 Å². The molecule has 1 saturated heterocycles. The Morgan fingerprint density at radius 3 is 2.60 bits per heavy atom. The fourth-order valence-corrected chi connectivity index (χ4v) is 2.51. The van der Waals surface area contributed by atoms with E-state index in [2.05, 4.69) is 52.0 Å². The van der Waals surface area contributed by atoms with Crippen molar-refractivity contribution < 1.29 is 5.11 Å². The lowest BCUT2D eigenvalue weighted by atomic mass is 10.0.